The first-order chi connectivity index (χ1) is 13.6. The topological polar surface area (TPSA) is 82.1 Å². The summed E-state index contributed by atoms with van der Waals surface area (Å²) < 4.78 is 7.27. The zero-order valence-electron chi connectivity index (χ0n) is 16.6. The van der Waals surface area contributed by atoms with Gasteiger partial charge >= 0.3 is 0 Å². The Hall–Kier alpha value is -2.83. The van der Waals surface area contributed by atoms with Gasteiger partial charge in [0.2, 0.25) is 5.95 Å². The van der Waals surface area contributed by atoms with Gasteiger partial charge in [0.15, 0.2) is 5.65 Å². The summed E-state index contributed by atoms with van der Waals surface area (Å²) >= 11 is 0. The van der Waals surface area contributed by atoms with Crippen LogP contribution in [0.3, 0.4) is 0 Å². The van der Waals surface area contributed by atoms with E-state index in [-0.39, 0.29) is 0 Å². The zero-order valence-corrected chi connectivity index (χ0v) is 16.6. The summed E-state index contributed by atoms with van der Waals surface area (Å²) in [6.07, 6.45) is 6.36. The van der Waals surface area contributed by atoms with E-state index in [0.29, 0.717) is 12.4 Å². The highest BCUT2D eigenvalue weighted by Gasteiger charge is 2.22. The molecule has 148 valence electrons. The molecule has 0 atom stereocenters. The average molecular weight is 380 g/mol. The van der Waals surface area contributed by atoms with E-state index in [9.17, 15) is 0 Å². The summed E-state index contributed by atoms with van der Waals surface area (Å²) in [5.41, 5.74) is 8.28. The summed E-state index contributed by atoms with van der Waals surface area (Å²) in [6, 6.07) is 8.50. The molecule has 2 aromatic heterocycles. The molecule has 0 aliphatic carbocycles. The van der Waals surface area contributed by atoms with Crippen LogP contribution in [-0.4, -0.2) is 39.4 Å². The van der Waals surface area contributed by atoms with Crippen LogP contribution in [0.25, 0.3) is 11.0 Å². The van der Waals surface area contributed by atoms with Gasteiger partial charge in [-0.2, -0.15) is 15.1 Å². The molecule has 3 aromatic rings. The maximum Gasteiger partial charge on any atom is 0.229 e. The Labute approximate surface area is 165 Å². The number of anilines is 2. The minimum absolute atomic E-state index is 0.505. The van der Waals surface area contributed by atoms with Gasteiger partial charge in [-0.3, -0.25) is 4.68 Å². The van der Waals surface area contributed by atoms with E-state index < -0.39 is 0 Å². The Bertz CT molecular complexity index is 928. The fourth-order valence-corrected chi connectivity index (χ4v) is 3.88. The normalized spacial score (nSPS) is 15.3. The van der Waals surface area contributed by atoms with Gasteiger partial charge in [-0.25, -0.2) is 0 Å². The molecule has 7 nitrogen and oxygen atoms in total. The maximum atomic E-state index is 6.11. The smallest absolute Gasteiger partial charge is 0.229 e. The molecule has 1 aliphatic rings. The van der Waals surface area contributed by atoms with Crippen molar-refractivity contribution in [2.75, 3.05) is 30.3 Å². The van der Waals surface area contributed by atoms with Gasteiger partial charge in [-0.15, -0.1) is 0 Å². The van der Waals surface area contributed by atoms with E-state index >= 15 is 0 Å². The number of ether oxygens (including phenoxy) is 1. The van der Waals surface area contributed by atoms with Crippen molar-refractivity contribution in [1.29, 1.82) is 0 Å². The van der Waals surface area contributed by atoms with Crippen LogP contribution < -0.4 is 15.4 Å². The number of hydrogen-bond acceptors (Lipinski definition) is 6. The Balaban J connectivity index is 1.32. The molecule has 1 fully saturated rings. The minimum Gasteiger partial charge on any atom is -0.494 e. The lowest BCUT2D eigenvalue weighted by Crippen LogP contribution is -2.35. The molecule has 0 amide bonds. The molecule has 1 aliphatic heterocycles. The zero-order chi connectivity index (χ0) is 19.5. The van der Waals surface area contributed by atoms with E-state index in [0.717, 1.165) is 61.0 Å². The minimum atomic E-state index is 0.505. The van der Waals surface area contributed by atoms with Gasteiger partial charge in [0, 0.05) is 20.1 Å². The molecule has 1 saturated heterocycles. The average Bonchev–Trinajstić information content (AvgIpc) is 3.10. The van der Waals surface area contributed by atoms with Gasteiger partial charge < -0.3 is 15.4 Å². The van der Waals surface area contributed by atoms with Gasteiger partial charge in [-0.05, 0) is 56.2 Å². The molecule has 0 spiro atoms. The Morgan fingerprint density at radius 1 is 1.14 bits per heavy atom. The molecule has 3 heterocycles. The van der Waals surface area contributed by atoms with Crippen molar-refractivity contribution >= 4 is 22.8 Å². The summed E-state index contributed by atoms with van der Waals surface area (Å²) in [5, 5.41) is 5.05. The lowest BCUT2D eigenvalue weighted by Gasteiger charge is -2.32. The Morgan fingerprint density at radius 3 is 2.61 bits per heavy atom. The summed E-state index contributed by atoms with van der Waals surface area (Å²) in [4.78, 5) is 11.4. The molecule has 1 aromatic carbocycles. The predicted octanol–water partition coefficient (Wildman–Crippen LogP) is 3.19. The van der Waals surface area contributed by atoms with Gasteiger partial charge in [0.1, 0.15) is 11.6 Å². The first-order valence-corrected chi connectivity index (χ1v) is 10.1. The number of hydrogen-bond donors (Lipinski definition) is 1. The molecule has 0 bridgehead atoms. The van der Waals surface area contributed by atoms with Gasteiger partial charge in [0.25, 0.3) is 0 Å². The van der Waals surface area contributed by atoms with Crippen LogP contribution in [0, 0.1) is 5.92 Å². The summed E-state index contributed by atoms with van der Waals surface area (Å²) in [5.74, 6) is 2.91. The third-order valence-corrected chi connectivity index (χ3v) is 5.58. The number of aryl methyl sites for hydroxylation is 2. The monoisotopic (exact) mass is 380 g/mol. The standard InChI is InChI=1S/C21H28N6O/c1-3-28-17-8-6-15(7-9-17)4-5-16-10-12-27(13-11-16)21-24-19(22)18-14-23-26(2)20(18)25-21/h6-9,14,16H,3-5,10-13H2,1-2H3,(H2,22,24,25). The summed E-state index contributed by atoms with van der Waals surface area (Å²) in [6.45, 7) is 4.66. The molecule has 2 N–H and O–H groups in total. The van der Waals surface area contributed by atoms with E-state index in [2.05, 4.69) is 44.2 Å². The van der Waals surface area contributed by atoms with Crippen molar-refractivity contribution in [1.82, 2.24) is 19.7 Å². The first-order valence-electron chi connectivity index (χ1n) is 10.1. The number of nitrogen functional groups attached to an aromatic ring is 1. The lowest BCUT2D eigenvalue weighted by molar-refractivity contribution is 0.340. The first kappa shape index (κ1) is 18.5. The Morgan fingerprint density at radius 2 is 1.89 bits per heavy atom. The number of aromatic nitrogens is 4. The molecule has 28 heavy (non-hydrogen) atoms. The van der Waals surface area contributed by atoms with Crippen molar-refractivity contribution in [3.05, 3.63) is 36.0 Å². The second-order valence-electron chi connectivity index (χ2n) is 7.46. The second-order valence-corrected chi connectivity index (χ2v) is 7.46. The largest absolute Gasteiger partial charge is 0.494 e. The molecule has 0 radical (unpaired) electrons. The number of rotatable bonds is 6. The third-order valence-electron chi connectivity index (χ3n) is 5.58. The van der Waals surface area contributed by atoms with Crippen molar-refractivity contribution < 1.29 is 4.74 Å². The fourth-order valence-electron chi connectivity index (χ4n) is 3.88. The Kier molecular flexibility index (Phi) is 5.32. The molecule has 0 unspecified atom stereocenters. The molecular formula is C21H28N6O. The number of piperidine rings is 1. The van der Waals surface area contributed by atoms with E-state index in [4.69, 9.17) is 10.5 Å². The number of benzene rings is 1. The van der Waals surface area contributed by atoms with Crippen LogP contribution in [0.2, 0.25) is 0 Å². The quantitative estimate of drug-likeness (QED) is 0.707. The van der Waals surface area contributed by atoms with Crippen LogP contribution in [-0.2, 0) is 13.5 Å². The van der Waals surface area contributed by atoms with Gasteiger partial charge in [-0.1, -0.05) is 12.1 Å². The highest BCUT2D eigenvalue weighted by molar-refractivity contribution is 5.86. The van der Waals surface area contributed by atoms with Crippen molar-refractivity contribution in [2.24, 2.45) is 13.0 Å². The van der Waals surface area contributed by atoms with Crippen LogP contribution >= 0.6 is 0 Å². The number of fused-ring (bicyclic) bond motifs is 1. The van der Waals surface area contributed by atoms with Crippen molar-refractivity contribution in [3.63, 3.8) is 0 Å². The maximum absolute atomic E-state index is 6.11. The van der Waals surface area contributed by atoms with E-state index in [1.54, 1.807) is 10.9 Å². The third kappa shape index (κ3) is 3.88. The van der Waals surface area contributed by atoms with Crippen molar-refractivity contribution in [2.45, 2.75) is 32.6 Å². The van der Waals surface area contributed by atoms with Gasteiger partial charge in [0.05, 0.1) is 18.2 Å². The summed E-state index contributed by atoms with van der Waals surface area (Å²) in [7, 11) is 1.88. The molecular weight excluding hydrogens is 352 g/mol. The lowest BCUT2D eigenvalue weighted by atomic mass is 9.90. The van der Waals surface area contributed by atoms with Crippen LogP contribution in [0.4, 0.5) is 11.8 Å². The number of nitrogens with zero attached hydrogens (tertiary/aromatic N) is 5. The van der Waals surface area contributed by atoms with E-state index in [1.165, 1.54) is 12.0 Å². The second kappa shape index (κ2) is 8.04. The van der Waals surface area contributed by atoms with Crippen LogP contribution in [0.1, 0.15) is 31.7 Å². The molecule has 7 heteroatoms. The van der Waals surface area contributed by atoms with E-state index in [1.807, 2.05) is 14.0 Å². The SMILES string of the molecule is CCOc1ccc(CCC2CCN(c3nc(N)c4cnn(C)c4n3)CC2)cc1. The molecule has 4 rings (SSSR count). The van der Waals surface area contributed by atoms with Crippen LogP contribution in [0.15, 0.2) is 30.5 Å². The fraction of sp³-hybridized carbons (Fsp3) is 0.476. The predicted molar refractivity (Wildman–Crippen MR) is 112 cm³/mol. The highest BCUT2D eigenvalue weighted by atomic mass is 16.5. The highest BCUT2D eigenvalue weighted by Crippen LogP contribution is 2.27. The van der Waals surface area contributed by atoms with Crippen LogP contribution in [0.5, 0.6) is 5.75 Å². The van der Waals surface area contributed by atoms with Crippen molar-refractivity contribution in [3.8, 4) is 5.75 Å². The molecule has 0 saturated carbocycles. The number of nitrogens with two attached hydrogens (primary N) is 1.